The molecule has 3 N–H and O–H groups in total. The van der Waals surface area contributed by atoms with Crippen LogP contribution in [0.1, 0.15) is 15.9 Å². The van der Waals surface area contributed by atoms with Gasteiger partial charge in [0, 0.05) is 12.1 Å². The highest BCUT2D eigenvalue weighted by Gasteiger charge is 2.14. The van der Waals surface area contributed by atoms with Crippen LogP contribution in [0.3, 0.4) is 0 Å². The van der Waals surface area contributed by atoms with Gasteiger partial charge in [-0.05, 0) is 17.7 Å². The van der Waals surface area contributed by atoms with Gasteiger partial charge in [0.2, 0.25) is 0 Å². The first-order valence-corrected chi connectivity index (χ1v) is 6.09. The zero-order chi connectivity index (χ0) is 15.4. The highest BCUT2D eigenvalue weighted by atomic mass is 19.1. The van der Waals surface area contributed by atoms with Gasteiger partial charge in [0.1, 0.15) is 12.4 Å². The minimum atomic E-state index is -1.15. The predicted molar refractivity (Wildman–Crippen MR) is 75.1 cm³/mol. The highest BCUT2D eigenvalue weighted by molar-refractivity contribution is 5.94. The summed E-state index contributed by atoms with van der Waals surface area (Å²) < 4.78 is 23.5. The van der Waals surface area contributed by atoms with Crippen LogP contribution in [-0.2, 0) is 6.61 Å². The average molecular weight is 291 g/mol. The number of aromatic carboxylic acids is 1. The van der Waals surface area contributed by atoms with Gasteiger partial charge in [-0.1, -0.05) is 12.1 Å². The Kier molecular flexibility index (Phi) is 4.27. The topological polar surface area (TPSA) is 81.8 Å². The highest BCUT2D eigenvalue weighted by Crippen LogP contribution is 2.32. The van der Waals surface area contributed by atoms with Crippen molar-refractivity contribution in [2.24, 2.45) is 0 Å². The molecular formula is C15H14FNO4. The molecule has 2 rings (SSSR count). The van der Waals surface area contributed by atoms with Crippen molar-refractivity contribution < 1.29 is 23.8 Å². The van der Waals surface area contributed by atoms with Crippen molar-refractivity contribution in [2.45, 2.75) is 6.61 Å². The summed E-state index contributed by atoms with van der Waals surface area (Å²) in [5, 5.41) is 9.05. The number of carboxylic acids is 1. The van der Waals surface area contributed by atoms with Gasteiger partial charge in [-0.3, -0.25) is 0 Å². The third kappa shape index (κ3) is 3.42. The van der Waals surface area contributed by atoms with Crippen LogP contribution in [0.15, 0.2) is 36.4 Å². The maximum absolute atomic E-state index is 12.8. The van der Waals surface area contributed by atoms with Crippen molar-refractivity contribution in [3.63, 3.8) is 0 Å². The van der Waals surface area contributed by atoms with Gasteiger partial charge in [0.15, 0.2) is 11.5 Å². The summed E-state index contributed by atoms with van der Waals surface area (Å²) in [7, 11) is 1.43. The molecule has 0 amide bonds. The van der Waals surface area contributed by atoms with Crippen molar-refractivity contribution in [2.75, 3.05) is 12.8 Å². The Labute approximate surface area is 120 Å². The molecule has 0 spiro atoms. The molecule has 0 aliphatic heterocycles. The number of carbonyl (C=O) groups is 1. The number of hydrogen-bond donors (Lipinski definition) is 2. The Balaban J connectivity index is 2.23. The van der Waals surface area contributed by atoms with Gasteiger partial charge in [-0.25, -0.2) is 9.18 Å². The van der Waals surface area contributed by atoms with Crippen LogP contribution in [0.4, 0.5) is 10.1 Å². The van der Waals surface area contributed by atoms with E-state index in [2.05, 4.69) is 0 Å². The van der Waals surface area contributed by atoms with E-state index < -0.39 is 5.97 Å². The molecule has 0 saturated heterocycles. The average Bonchev–Trinajstić information content (AvgIpc) is 2.46. The summed E-state index contributed by atoms with van der Waals surface area (Å²) in [5.74, 6) is -0.896. The molecule has 21 heavy (non-hydrogen) atoms. The van der Waals surface area contributed by atoms with Crippen LogP contribution in [-0.4, -0.2) is 18.2 Å². The van der Waals surface area contributed by atoms with Crippen LogP contribution >= 0.6 is 0 Å². The molecule has 0 radical (unpaired) electrons. The molecule has 0 atom stereocenters. The zero-order valence-electron chi connectivity index (χ0n) is 11.3. The molecule has 0 saturated carbocycles. The third-order valence-corrected chi connectivity index (χ3v) is 2.87. The molecule has 0 fully saturated rings. The van der Waals surface area contributed by atoms with Crippen molar-refractivity contribution >= 4 is 11.7 Å². The number of nitrogen functional groups attached to an aromatic ring is 1. The summed E-state index contributed by atoms with van der Waals surface area (Å²) in [5.41, 5.74) is 6.40. The van der Waals surface area contributed by atoms with E-state index >= 15 is 0 Å². The molecule has 0 aliphatic carbocycles. The summed E-state index contributed by atoms with van der Waals surface area (Å²) in [6.45, 7) is 0.152. The normalized spacial score (nSPS) is 10.2. The zero-order valence-corrected chi connectivity index (χ0v) is 11.3. The number of carboxylic acid groups (broad SMARTS) is 1. The first kappa shape index (κ1) is 14.6. The molecule has 0 bridgehead atoms. The third-order valence-electron chi connectivity index (χ3n) is 2.87. The summed E-state index contributed by atoms with van der Waals surface area (Å²) >= 11 is 0. The second kappa shape index (κ2) is 6.13. The molecule has 0 heterocycles. The fourth-order valence-corrected chi connectivity index (χ4v) is 1.77. The minimum absolute atomic E-state index is 0.0649. The van der Waals surface area contributed by atoms with Gasteiger partial charge >= 0.3 is 5.97 Å². The molecular weight excluding hydrogens is 277 g/mol. The fourth-order valence-electron chi connectivity index (χ4n) is 1.77. The quantitative estimate of drug-likeness (QED) is 0.828. The van der Waals surface area contributed by atoms with Crippen LogP contribution in [0.25, 0.3) is 0 Å². The Bertz CT molecular complexity index is 655. The lowest BCUT2D eigenvalue weighted by atomic mass is 10.1. The lowest BCUT2D eigenvalue weighted by Crippen LogP contribution is -2.05. The van der Waals surface area contributed by atoms with Gasteiger partial charge in [0.25, 0.3) is 0 Å². The Morgan fingerprint density at radius 3 is 2.48 bits per heavy atom. The Morgan fingerprint density at radius 1 is 1.24 bits per heavy atom. The largest absolute Gasteiger partial charge is 0.493 e. The molecule has 0 aromatic heterocycles. The number of nitrogens with two attached hydrogens (primary N) is 1. The van der Waals surface area contributed by atoms with E-state index in [0.29, 0.717) is 5.75 Å². The van der Waals surface area contributed by atoms with Gasteiger partial charge in [0.05, 0.1) is 18.4 Å². The number of halogens is 1. The fraction of sp³-hybridized carbons (Fsp3) is 0.133. The molecule has 5 nitrogen and oxygen atoms in total. The van der Waals surface area contributed by atoms with E-state index in [-0.39, 0.29) is 29.4 Å². The van der Waals surface area contributed by atoms with Crippen molar-refractivity contribution in [1.29, 1.82) is 0 Å². The van der Waals surface area contributed by atoms with Gasteiger partial charge in [-0.2, -0.15) is 0 Å². The van der Waals surface area contributed by atoms with Crippen molar-refractivity contribution in [1.82, 2.24) is 0 Å². The lowest BCUT2D eigenvalue weighted by molar-refractivity contribution is 0.0697. The maximum atomic E-state index is 12.8. The van der Waals surface area contributed by atoms with E-state index in [1.165, 1.54) is 31.4 Å². The van der Waals surface area contributed by atoms with E-state index in [9.17, 15) is 9.18 Å². The smallest absolute Gasteiger partial charge is 0.337 e. The number of ether oxygens (including phenoxy) is 2. The second-order valence-electron chi connectivity index (χ2n) is 4.31. The minimum Gasteiger partial charge on any atom is -0.493 e. The summed E-state index contributed by atoms with van der Waals surface area (Å²) in [6.07, 6.45) is 0. The number of rotatable bonds is 5. The first-order chi connectivity index (χ1) is 10.0. The molecule has 2 aromatic carbocycles. The van der Waals surface area contributed by atoms with E-state index in [1.54, 1.807) is 12.1 Å². The Morgan fingerprint density at radius 2 is 1.90 bits per heavy atom. The molecule has 110 valence electrons. The van der Waals surface area contributed by atoms with Crippen molar-refractivity contribution in [3.8, 4) is 11.5 Å². The first-order valence-electron chi connectivity index (χ1n) is 6.09. The van der Waals surface area contributed by atoms with E-state index in [4.69, 9.17) is 20.3 Å². The molecule has 2 aromatic rings. The van der Waals surface area contributed by atoms with E-state index in [1.807, 2.05) is 0 Å². The molecule has 0 unspecified atom stereocenters. The number of anilines is 1. The van der Waals surface area contributed by atoms with Crippen LogP contribution in [0.5, 0.6) is 11.5 Å². The molecule has 0 aliphatic rings. The number of hydrogen-bond acceptors (Lipinski definition) is 4. The standard InChI is InChI=1S/C15H14FNO4/c1-20-13-7-12(17)11(15(18)19)6-14(13)21-8-9-2-4-10(16)5-3-9/h2-7H,8,17H2,1H3,(H,18,19). The lowest BCUT2D eigenvalue weighted by Gasteiger charge is -2.13. The molecule has 6 heteroatoms. The predicted octanol–water partition coefficient (Wildman–Crippen LogP) is 2.69. The van der Waals surface area contributed by atoms with Crippen LogP contribution in [0.2, 0.25) is 0 Å². The number of benzene rings is 2. The maximum Gasteiger partial charge on any atom is 0.337 e. The summed E-state index contributed by atoms with van der Waals surface area (Å²) in [4.78, 5) is 11.1. The van der Waals surface area contributed by atoms with Gasteiger partial charge < -0.3 is 20.3 Å². The number of methoxy groups -OCH3 is 1. The van der Waals surface area contributed by atoms with E-state index in [0.717, 1.165) is 5.56 Å². The van der Waals surface area contributed by atoms with Crippen molar-refractivity contribution in [3.05, 3.63) is 53.3 Å². The van der Waals surface area contributed by atoms with Crippen LogP contribution < -0.4 is 15.2 Å². The van der Waals surface area contributed by atoms with Gasteiger partial charge in [-0.15, -0.1) is 0 Å². The van der Waals surface area contributed by atoms with Crippen LogP contribution in [0, 0.1) is 5.82 Å². The second-order valence-corrected chi connectivity index (χ2v) is 4.31. The Hall–Kier alpha value is -2.76. The SMILES string of the molecule is COc1cc(N)c(C(=O)O)cc1OCc1ccc(F)cc1. The monoisotopic (exact) mass is 291 g/mol. The summed E-state index contributed by atoms with van der Waals surface area (Å²) in [6, 6.07) is 8.50.